The van der Waals surface area contributed by atoms with Crippen LogP contribution in [0.2, 0.25) is 0 Å². The van der Waals surface area contributed by atoms with Gasteiger partial charge in [-0.15, -0.1) is 13.2 Å². The molecule has 0 aliphatic carbocycles. The van der Waals surface area contributed by atoms with Gasteiger partial charge in [-0.25, -0.2) is 0 Å². The van der Waals surface area contributed by atoms with E-state index in [1.807, 2.05) is 19.2 Å². The lowest BCUT2D eigenvalue weighted by molar-refractivity contribution is -0.274. The number of halogens is 3. The van der Waals surface area contributed by atoms with E-state index >= 15 is 0 Å². The minimum atomic E-state index is -4.76. The Balaban J connectivity index is 1.71. The van der Waals surface area contributed by atoms with Gasteiger partial charge in [0.25, 0.3) is 0 Å². The van der Waals surface area contributed by atoms with Gasteiger partial charge in [0.05, 0.1) is 11.9 Å². The highest BCUT2D eigenvalue weighted by molar-refractivity contribution is 5.51. The molecule has 2 aliphatic heterocycles. The van der Waals surface area contributed by atoms with Crippen molar-refractivity contribution in [3.8, 4) is 5.75 Å². The summed E-state index contributed by atoms with van der Waals surface area (Å²) >= 11 is 0. The van der Waals surface area contributed by atoms with E-state index in [1.54, 1.807) is 6.20 Å². The fraction of sp³-hybridized carbons (Fsp3) is 0.560. The summed E-state index contributed by atoms with van der Waals surface area (Å²) in [6.07, 6.45) is 0.969. The fourth-order valence-corrected chi connectivity index (χ4v) is 5.35. The van der Waals surface area contributed by atoms with Gasteiger partial charge in [-0.1, -0.05) is 32.9 Å². The van der Waals surface area contributed by atoms with Gasteiger partial charge >= 0.3 is 6.36 Å². The summed E-state index contributed by atoms with van der Waals surface area (Å²) in [6.45, 7) is 10.5. The van der Waals surface area contributed by atoms with E-state index in [1.165, 1.54) is 24.3 Å². The van der Waals surface area contributed by atoms with Crippen LogP contribution in [-0.2, 0) is 5.60 Å². The van der Waals surface area contributed by atoms with E-state index in [2.05, 4.69) is 33.4 Å². The summed E-state index contributed by atoms with van der Waals surface area (Å²) in [5.74, 6) is 0.194. The first kappa shape index (κ1) is 23.8. The van der Waals surface area contributed by atoms with Crippen molar-refractivity contribution in [1.29, 1.82) is 0 Å². The van der Waals surface area contributed by atoms with Crippen molar-refractivity contribution >= 4 is 5.69 Å². The largest absolute Gasteiger partial charge is 0.573 e. The summed E-state index contributed by atoms with van der Waals surface area (Å²) in [5, 5.41) is 12.3. The summed E-state index contributed by atoms with van der Waals surface area (Å²) in [4.78, 5) is 8.99. The van der Waals surface area contributed by atoms with E-state index in [-0.39, 0.29) is 5.75 Å². The van der Waals surface area contributed by atoms with Crippen LogP contribution in [0, 0.1) is 11.3 Å². The second-order valence-electron chi connectivity index (χ2n) is 10.0. The number of hydrogen-bond donors (Lipinski definition) is 1. The Hall–Kier alpha value is -2.32. The number of benzene rings is 1. The topological polar surface area (TPSA) is 48.8 Å². The molecule has 1 aromatic carbocycles. The summed E-state index contributed by atoms with van der Waals surface area (Å²) < 4.78 is 42.0. The molecule has 180 valence electrons. The van der Waals surface area contributed by atoms with Crippen LogP contribution in [0.5, 0.6) is 5.75 Å². The Bertz CT molecular complexity index is 952. The zero-order chi connectivity index (χ0) is 23.9. The molecule has 1 unspecified atom stereocenters. The van der Waals surface area contributed by atoms with Crippen LogP contribution in [0.1, 0.15) is 44.7 Å². The van der Waals surface area contributed by atoms with Crippen LogP contribution in [0.4, 0.5) is 18.9 Å². The number of nitrogens with zero attached hydrogens (tertiary/aromatic N) is 3. The number of aliphatic hydroxyl groups is 1. The maximum atomic E-state index is 12.6. The van der Waals surface area contributed by atoms with Crippen molar-refractivity contribution in [3.05, 3.63) is 53.9 Å². The molecule has 1 atom stereocenters. The summed E-state index contributed by atoms with van der Waals surface area (Å²) in [5.41, 5.74) is 0.203. The Morgan fingerprint density at radius 2 is 1.70 bits per heavy atom. The van der Waals surface area contributed by atoms with E-state index < -0.39 is 17.4 Å². The van der Waals surface area contributed by atoms with Gasteiger partial charge in [-0.2, -0.15) is 0 Å². The highest BCUT2D eigenvalue weighted by atomic mass is 19.4. The predicted molar refractivity (Wildman–Crippen MR) is 121 cm³/mol. The molecule has 0 amide bonds. The molecule has 8 heteroatoms. The number of likely N-dealkylation sites (tertiary alicyclic amines) is 1. The third-order valence-corrected chi connectivity index (χ3v) is 6.76. The van der Waals surface area contributed by atoms with Gasteiger partial charge in [0.1, 0.15) is 11.4 Å². The molecule has 0 saturated carbocycles. The molecular weight excluding hydrogens is 431 g/mol. The SMILES string of the molecule is CC(C)CN1CC(C)(C(O)(c2ccc(OC(F)(F)F)cc2)c2cncc(N3CCCC3)c2)C1. The van der Waals surface area contributed by atoms with Crippen molar-refractivity contribution in [3.63, 3.8) is 0 Å². The van der Waals surface area contributed by atoms with E-state index in [9.17, 15) is 18.3 Å². The first-order valence-corrected chi connectivity index (χ1v) is 11.5. The van der Waals surface area contributed by atoms with Crippen LogP contribution in [0.15, 0.2) is 42.7 Å². The Kier molecular flexibility index (Phi) is 6.35. The molecule has 33 heavy (non-hydrogen) atoms. The molecule has 2 aromatic rings. The second kappa shape index (κ2) is 8.80. The molecule has 0 bridgehead atoms. The average molecular weight is 464 g/mol. The summed E-state index contributed by atoms with van der Waals surface area (Å²) in [7, 11) is 0. The third-order valence-electron chi connectivity index (χ3n) is 6.76. The Morgan fingerprint density at radius 3 is 2.27 bits per heavy atom. The van der Waals surface area contributed by atoms with Crippen LogP contribution in [-0.4, -0.2) is 54.1 Å². The van der Waals surface area contributed by atoms with Crippen LogP contribution >= 0.6 is 0 Å². The van der Waals surface area contributed by atoms with Gasteiger partial charge in [0.15, 0.2) is 0 Å². The van der Waals surface area contributed by atoms with Gasteiger partial charge < -0.3 is 19.6 Å². The maximum Gasteiger partial charge on any atom is 0.573 e. The standard InChI is InChI=1S/C25H32F3N3O2/c1-18(2)15-30-16-23(3,17-30)24(32,19-6-8-22(9-7-19)33-25(26,27)28)20-12-21(14-29-13-20)31-10-4-5-11-31/h6-9,12-14,18,32H,4-5,10-11,15-17H2,1-3H3. The molecule has 4 rings (SSSR count). The lowest BCUT2D eigenvalue weighted by Crippen LogP contribution is -2.65. The summed E-state index contributed by atoms with van der Waals surface area (Å²) in [6, 6.07) is 7.56. The number of alkyl halides is 3. The zero-order valence-electron chi connectivity index (χ0n) is 19.4. The van der Waals surface area contributed by atoms with Gasteiger partial charge in [-0.05, 0) is 42.5 Å². The molecule has 2 saturated heterocycles. The van der Waals surface area contributed by atoms with Crippen molar-refractivity contribution < 1.29 is 23.0 Å². The first-order valence-electron chi connectivity index (χ1n) is 11.5. The highest BCUT2D eigenvalue weighted by Gasteiger charge is 2.56. The number of pyridine rings is 1. The number of aromatic nitrogens is 1. The molecular formula is C25H32F3N3O2. The third kappa shape index (κ3) is 4.82. The van der Waals surface area contributed by atoms with Crippen LogP contribution in [0.3, 0.4) is 0 Å². The fourth-order valence-electron chi connectivity index (χ4n) is 5.35. The van der Waals surface area contributed by atoms with Crippen LogP contribution in [0.25, 0.3) is 0 Å². The van der Waals surface area contributed by atoms with Gasteiger partial charge in [-0.3, -0.25) is 4.98 Å². The van der Waals surface area contributed by atoms with E-state index in [0.717, 1.165) is 38.2 Å². The van der Waals surface area contributed by atoms with Crippen molar-refractivity contribution in [2.75, 3.05) is 37.6 Å². The van der Waals surface area contributed by atoms with E-state index in [0.29, 0.717) is 30.1 Å². The Morgan fingerprint density at radius 1 is 1.06 bits per heavy atom. The molecule has 5 nitrogen and oxygen atoms in total. The number of hydrogen-bond acceptors (Lipinski definition) is 5. The molecule has 2 fully saturated rings. The molecule has 2 aliphatic rings. The molecule has 0 spiro atoms. The minimum absolute atomic E-state index is 0.308. The quantitative estimate of drug-likeness (QED) is 0.640. The normalized spacial score (nSPS) is 20.5. The van der Waals surface area contributed by atoms with Crippen molar-refractivity contribution in [2.24, 2.45) is 11.3 Å². The van der Waals surface area contributed by atoms with Gasteiger partial charge in [0.2, 0.25) is 0 Å². The van der Waals surface area contributed by atoms with Crippen LogP contribution < -0.4 is 9.64 Å². The molecule has 1 N–H and O–H groups in total. The predicted octanol–water partition coefficient (Wildman–Crippen LogP) is 4.79. The number of anilines is 1. The molecule has 0 radical (unpaired) electrons. The van der Waals surface area contributed by atoms with Crippen molar-refractivity contribution in [1.82, 2.24) is 9.88 Å². The second-order valence-corrected chi connectivity index (χ2v) is 10.0. The zero-order valence-corrected chi connectivity index (χ0v) is 19.4. The highest BCUT2D eigenvalue weighted by Crippen LogP contribution is 2.51. The minimum Gasteiger partial charge on any atom is -0.406 e. The lowest BCUT2D eigenvalue weighted by atomic mass is 9.62. The van der Waals surface area contributed by atoms with E-state index in [4.69, 9.17) is 0 Å². The lowest BCUT2D eigenvalue weighted by Gasteiger charge is -2.57. The smallest absolute Gasteiger partial charge is 0.406 e. The molecule has 1 aromatic heterocycles. The first-order chi connectivity index (χ1) is 15.5. The number of rotatable bonds is 7. The molecule has 3 heterocycles. The maximum absolute atomic E-state index is 12.6. The average Bonchev–Trinajstić information content (AvgIpc) is 3.26. The monoisotopic (exact) mass is 463 g/mol. The Labute approximate surface area is 193 Å². The van der Waals surface area contributed by atoms with Gasteiger partial charge in [0, 0.05) is 49.9 Å². The van der Waals surface area contributed by atoms with Crippen molar-refractivity contribution in [2.45, 2.75) is 45.6 Å². The number of ether oxygens (including phenoxy) is 1.